The maximum absolute atomic E-state index is 14.9. The molecule has 2 heterocycles. The number of amides is 8. The minimum Gasteiger partial charge on any atom is -0.391 e. The van der Waals surface area contributed by atoms with Crippen LogP contribution in [0.4, 0.5) is 0 Å². The number of ketones is 3. The second-order valence-corrected chi connectivity index (χ2v) is 28.8. The largest absolute Gasteiger partial charge is 0.391 e. The van der Waals surface area contributed by atoms with Gasteiger partial charge in [0.25, 0.3) is 20.2 Å². The van der Waals surface area contributed by atoms with Crippen LogP contribution in [0.25, 0.3) is 11.3 Å². The van der Waals surface area contributed by atoms with Gasteiger partial charge in [-0.2, -0.15) is 16.8 Å². The van der Waals surface area contributed by atoms with E-state index in [0.29, 0.717) is 34.8 Å². The minimum absolute atomic E-state index is 0.0612. The lowest BCUT2D eigenvalue weighted by molar-refractivity contribution is -0.137. The molecule has 13 atom stereocenters. The fourth-order valence-electron chi connectivity index (χ4n) is 11.2. The smallest absolute Gasteiger partial charge is 0.278 e. The first-order chi connectivity index (χ1) is 48.7. The number of benzene rings is 2. The van der Waals surface area contributed by atoms with Crippen molar-refractivity contribution in [3.05, 3.63) is 89.1 Å². The van der Waals surface area contributed by atoms with Gasteiger partial charge in [0, 0.05) is 66.5 Å². The van der Waals surface area contributed by atoms with Crippen molar-refractivity contribution in [3.63, 3.8) is 0 Å². The normalized spacial score (nSPS) is 21.3. The highest BCUT2D eigenvalue weighted by atomic mass is 35.5. The van der Waals surface area contributed by atoms with Crippen LogP contribution in [0.5, 0.6) is 0 Å². The summed E-state index contributed by atoms with van der Waals surface area (Å²) >= 11 is 6.20. The number of pyridine rings is 1. The lowest BCUT2D eigenvalue weighted by Gasteiger charge is -2.29. The Bertz CT molecular complexity index is 3580. The molecular formula is C67H101ClN14O19S2. The number of rotatable bonds is 36. The highest BCUT2D eigenvalue weighted by molar-refractivity contribution is 7.85. The molecule has 1 aliphatic rings. The standard InChI is InChI=1S/C67H101ClN14O19S2/c1-8-39(3)48-35-56(86)54(30-42-14-11-10-12-15-42)80-65(93)49(20-24-69-6)78-64(92)52(23-29-75-67(95)59(41(5)84)82-66(94)51(22-27-73-38-103(99,100)101)79-63(91)50(77-62(48)90)21-26-71-9-2)76-61(89)46(36-70-7)34-57(87)58(40(4)83)81-60(88)45(18-25-72-37-102(96,97)98)33-55(85)44-19-28-74-53(32-44)43-16-13-17-47(68)31-43/h10-17,19,28,31-32,39-41,45-46,48-52,54,58-59,69-73,83-84H,8-9,18,20-27,29-30,33-38H2,1-7H3,(H,75,95)(H,76,89)(H,77,90)(H,78,92)(H,79,91)(H,80,93)(H,81,88)(H,82,94)(H,96,97,98)(H,99,100,101)/t39-,40+,41+,45+,46-,48-,49-,50-,51-,52-,54+,58-,59-/m0/s1. The fraction of sp³-hybridized carbons (Fsp3) is 0.582. The molecule has 3 aromatic rings. The van der Waals surface area contributed by atoms with E-state index in [1.165, 1.54) is 32.3 Å². The molecular weight excluding hydrogens is 1400 g/mol. The maximum atomic E-state index is 14.9. The number of aliphatic hydroxyl groups is 2. The van der Waals surface area contributed by atoms with Crippen LogP contribution in [-0.2, 0) is 74.6 Å². The van der Waals surface area contributed by atoms with E-state index in [1.54, 1.807) is 82.4 Å². The third kappa shape index (κ3) is 31.2. The predicted octanol–water partition coefficient (Wildman–Crippen LogP) is -1.82. The molecule has 1 saturated heterocycles. The monoisotopic (exact) mass is 1500 g/mol. The second kappa shape index (κ2) is 44.1. The van der Waals surface area contributed by atoms with Crippen molar-refractivity contribution in [2.24, 2.45) is 23.7 Å². The van der Waals surface area contributed by atoms with Gasteiger partial charge in [-0.3, -0.25) is 66.8 Å². The van der Waals surface area contributed by atoms with Crippen molar-refractivity contribution in [1.29, 1.82) is 0 Å². The molecule has 4 rings (SSSR count). The molecule has 0 spiro atoms. The summed E-state index contributed by atoms with van der Waals surface area (Å²) in [7, 11) is -6.10. The zero-order chi connectivity index (χ0) is 76.6. The van der Waals surface area contributed by atoms with Crippen molar-refractivity contribution < 1.29 is 88.9 Å². The van der Waals surface area contributed by atoms with Gasteiger partial charge < -0.3 is 79.3 Å². The van der Waals surface area contributed by atoms with E-state index >= 15 is 0 Å². The molecule has 0 unspecified atom stereocenters. The molecule has 0 saturated carbocycles. The summed E-state index contributed by atoms with van der Waals surface area (Å²) in [5.74, 6) is -16.0. The molecule has 0 bridgehead atoms. The van der Waals surface area contributed by atoms with E-state index in [4.69, 9.17) is 11.6 Å². The highest BCUT2D eigenvalue weighted by Crippen LogP contribution is 2.25. The first kappa shape index (κ1) is 87.6. The van der Waals surface area contributed by atoms with E-state index < -0.39 is 213 Å². The van der Waals surface area contributed by atoms with E-state index in [0.717, 1.165) is 6.92 Å². The predicted molar refractivity (Wildman–Crippen MR) is 381 cm³/mol. The van der Waals surface area contributed by atoms with E-state index in [1.807, 2.05) is 0 Å². The maximum Gasteiger partial charge on any atom is 0.278 e. The molecule has 17 N–H and O–H groups in total. The van der Waals surface area contributed by atoms with Gasteiger partial charge in [-0.15, -0.1) is 0 Å². The number of carbonyl (C=O) groups is 11. The first-order valence-electron chi connectivity index (χ1n) is 34.1. The first-order valence-corrected chi connectivity index (χ1v) is 37.7. The third-order valence-corrected chi connectivity index (χ3v) is 18.6. The van der Waals surface area contributed by atoms with Crippen molar-refractivity contribution >= 4 is 96.4 Å². The molecule has 36 heteroatoms. The Balaban J connectivity index is 1.78. The summed E-state index contributed by atoms with van der Waals surface area (Å²) in [5.41, 5.74) is 1.66. The lowest BCUT2D eigenvalue weighted by Crippen LogP contribution is -2.60. The molecule has 0 radical (unpaired) electrons. The topological polar surface area (TPSA) is 506 Å². The van der Waals surface area contributed by atoms with Gasteiger partial charge in [-0.05, 0) is 135 Å². The molecule has 0 aliphatic carbocycles. The zero-order valence-electron chi connectivity index (χ0n) is 58.9. The average Bonchev–Trinajstić information content (AvgIpc) is 1.01. The molecule has 2 aromatic carbocycles. The van der Waals surface area contributed by atoms with Crippen molar-refractivity contribution in [2.45, 2.75) is 153 Å². The Hall–Kier alpha value is -7.81. The number of aromatic nitrogens is 1. The van der Waals surface area contributed by atoms with Gasteiger partial charge in [-0.25, -0.2) is 0 Å². The summed E-state index contributed by atoms with van der Waals surface area (Å²) in [6.07, 6.45) is -4.81. The number of Topliss-reactive ketones (excluding diaryl/α,β-unsaturated/α-hetero) is 3. The summed E-state index contributed by atoms with van der Waals surface area (Å²) in [5, 5.41) is 57.0. The van der Waals surface area contributed by atoms with Crippen LogP contribution < -0.4 is 69.1 Å². The quantitative estimate of drug-likeness (QED) is 0.0173. The Kier molecular flexibility index (Phi) is 37.5. The summed E-state index contributed by atoms with van der Waals surface area (Å²) < 4.78 is 65.2. The number of nitrogens with one attached hydrogen (secondary N) is 13. The Labute approximate surface area is 605 Å². The molecule has 1 aromatic heterocycles. The molecule has 33 nitrogen and oxygen atoms in total. The molecule has 572 valence electrons. The Morgan fingerprint density at radius 3 is 1.83 bits per heavy atom. The number of aliphatic hydroxyl groups excluding tert-OH is 2. The third-order valence-electron chi connectivity index (χ3n) is 17.2. The van der Waals surface area contributed by atoms with E-state index in [2.05, 4.69) is 74.1 Å². The van der Waals surface area contributed by atoms with Crippen LogP contribution in [0.1, 0.15) is 108 Å². The van der Waals surface area contributed by atoms with Gasteiger partial charge in [0.2, 0.25) is 47.3 Å². The number of nitrogens with zero attached hydrogens (tertiary/aromatic N) is 1. The fourth-order valence-corrected chi connectivity index (χ4v) is 12.2. The molecule has 1 aliphatic heterocycles. The number of halogens is 1. The van der Waals surface area contributed by atoms with Crippen LogP contribution in [-0.4, -0.2) is 232 Å². The highest BCUT2D eigenvalue weighted by Gasteiger charge is 2.39. The Morgan fingerprint density at radius 2 is 1.24 bits per heavy atom. The van der Waals surface area contributed by atoms with Crippen LogP contribution in [0.3, 0.4) is 0 Å². The molecule has 103 heavy (non-hydrogen) atoms. The van der Waals surface area contributed by atoms with Gasteiger partial charge in [0.05, 0.1) is 29.9 Å². The number of hydrogen-bond donors (Lipinski definition) is 17. The van der Waals surface area contributed by atoms with Crippen molar-refractivity contribution in [1.82, 2.24) is 74.1 Å². The van der Waals surface area contributed by atoms with Gasteiger partial charge >= 0.3 is 0 Å². The minimum atomic E-state index is -4.58. The number of carbonyl (C=O) groups excluding carboxylic acids is 11. The van der Waals surface area contributed by atoms with Crippen LogP contribution in [0.2, 0.25) is 5.02 Å². The summed E-state index contributed by atoms with van der Waals surface area (Å²) in [6.45, 7) is 6.89. The lowest BCUT2D eigenvalue weighted by atomic mass is 9.84. The van der Waals surface area contributed by atoms with Crippen LogP contribution in [0.15, 0.2) is 72.9 Å². The number of hydrogen-bond acceptors (Lipinski definition) is 23. The van der Waals surface area contributed by atoms with Crippen molar-refractivity contribution in [3.8, 4) is 11.3 Å². The average molecular weight is 1510 g/mol. The van der Waals surface area contributed by atoms with Gasteiger partial charge in [0.1, 0.15) is 48.0 Å². The summed E-state index contributed by atoms with van der Waals surface area (Å²) in [4.78, 5) is 164. The molecule has 8 amide bonds. The second-order valence-electron chi connectivity index (χ2n) is 25.4. The van der Waals surface area contributed by atoms with Crippen molar-refractivity contribution in [2.75, 3.05) is 71.7 Å². The molecule has 1 fully saturated rings. The summed E-state index contributed by atoms with van der Waals surface area (Å²) in [6, 6.07) is 6.99. The van der Waals surface area contributed by atoms with E-state index in [9.17, 15) is 88.9 Å². The van der Waals surface area contributed by atoms with Gasteiger partial charge in [0.15, 0.2) is 17.3 Å². The zero-order valence-corrected chi connectivity index (χ0v) is 61.3. The van der Waals surface area contributed by atoms with Crippen LogP contribution >= 0.6 is 11.6 Å². The van der Waals surface area contributed by atoms with Gasteiger partial charge in [-0.1, -0.05) is 81.3 Å². The SMILES string of the molecule is CCNCC[C@@H]1NC(=O)[C@H]([C@@H](C)CC)CC(=O)[C@@H](Cc2ccccc2)NC(=O)[C@H](CCNC)NC(=O)[C@@H](NC(=O)[C@H](CNC)CC(=O)[C@@H](NC(=O)[C@H](CCNCS(=O)(=O)O)CC(=O)c2ccnc(-c3cccc(Cl)c3)c2)[C@@H](C)O)CCNC(=O)[C@H]([C@@H](C)O)NC(=O)[C@H](CCNCS(=O)(=O)O)NC1=O. The Morgan fingerprint density at radius 1 is 0.650 bits per heavy atom. The van der Waals surface area contributed by atoms with E-state index in [-0.39, 0.29) is 64.0 Å². The van der Waals surface area contributed by atoms with Crippen LogP contribution in [0, 0.1) is 23.7 Å².